The average molecular weight is 208 g/mol. The Labute approximate surface area is 87.1 Å². The highest BCUT2D eigenvalue weighted by molar-refractivity contribution is 5.88. The zero-order valence-corrected chi connectivity index (χ0v) is 8.36. The van der Waals surface area contributed by atoms with Gasteiger partial charge in [0.05, 0.1) is 7.11 Å². The second-order valence-corrected chi connectivity index (χ2v) is 3.32. The number of carbonyl (C=O) groups is 1. The number of nitrogens with one attached hydrogen (secondary N) is 2. The summed E-state index contributed by atoms with van der Waals surface area (Å²) in [6, 6.07) is 1.65. The van der Waals surface area contributed by atoms with Crippen LogP contribution in [0.25, 0.3) is 0 Å². The number of amides is 2. The van der Waals surface area contributed by atoms with E-state index in [1.165, 1.54) is 13.4 Å². The lowest BCUT2D eigenvalue weighted by Gasteiger charge is -2.05. The van der Waals surface area contributed by atoms with Crippen molar-refractivity contribution in [3.8, 4) is 5.88 Å². The molecule has 0 unspecified atom stereocenters. The summed E-state index contributed by atoms with van der Waals surface area (Å²) in [5, 5.41) is 5.40. The van der Waals surface area contributed by atoms with Gasteiger partial charge >= 0.3 is 6.03 Å². The molecule has 1 aliphatic carbocycles. The van der Waals surface area contributed by atoms with Crippen LogP contribution >= 0.6 is 0 Å². The van der Waals surface area contributed by atoms with Crippen LogP contribution < -0.4 is 15.4 Å². The predicted octanol–water partition coefficient (Wildman–Crippen LogP) is 0.769. The minimum Gasteiger partial charge on any atom is -0.481 e. The van der Waals surface area contributed by atoms with Crippen molar-refractivity contribution in [3.05, 3.63) is 12.4 Å². The molecular weight excluding hydrogens is 196 g/mol. The van der Waals surface area contributed by atoms with Gasteiger partial charge in [0.15, 0.2) is 0 Å². The van der Waals surface area contributed by atoms with Gasteiger partial charge in [-0.2, -0.15) is 0 Å². The molecule has 2 amide bonds. The van der Waals surface area contributed by atoms with Crippen molar-refractivity contribution in [1.29, 1.82) is 0 Å². The fourth-order valence-corrected chi connectivity index (χ4v) is 1.08. The van der Waals surface area contributed by atoms with E-state index in [-0.39, 0.29) is 6.03 Å². The molecular formula is C9H12N4O2. The van der Waals surface area contributed by atoms with E-state index in [0.29, 0.717) is 17.7 Å². The van der Waals surface area contributed by atoms with Crippen LogP contribution in [0.5, 0.6) is 5.88 Å². The van der Waals surface area contributed by atoms with Crippen LogP contribution in [0.4, 0.5) is 10.6 Å². The zero-order valence-electron chi connectivity index (χ0n) is 8.36. The van der Waals surface area contributed by atoms with Gasteiger partial charge in [-0.05, 0) is 12.8 Å². The van der Waals surface area contributed by atoms with Gasteiger partial charge in [0, 0.05) is 12.1 Å². The monoisotopic (exact) mass is 208 g/mol. The molecule has 80 valence electrons. The second kappa shape index (κ2) is 4.12. The van der Waals surface area contributed by atoms with Crippen molar-refractivity contribution in [3.63, 3.8) is 0 Å². The maximum Gasteiger partial charge on any atom is 0.320 e. The number of carbonyl (C=O) groups excluding carboxylic acids is 1. The molecule has 0 aliphatic heterocycles. The van der Waals surface area contributed by atoms with Crippen molar-refractivity contribution < 1.29 is 9.53 Å². The van der Waals surface area contributed by atoms with E-state index in [9.17, 15) is 4.79 Å². The van der Waals surface area contributed by atoms with E-state index in [1.807, 2.05) is 0 Å². The van der Waals surface area contributed by atoms with Gasteiger partial charge in [-0.25, -0.2) is 14.8 Å². The first kappa shape index (κ1) is 9.70. The van der Waals surface area contributed by atoms with Crippen molar-refractivity contribution >= 4 is 11.8 Å². The third-order valence-electron chi connectivity index (χ3n) is 2.01. The molecule has 0 radical (unpaired) electrons. The number of ether oxygens (including phenoxy) is 1. The number of rotatable bonds is 3. The second-order valence-electron chi connectivity index (χ2n) is 3.32. The molecule has 6 heteroatoms. The maximum absolute atomic E-state index is 11.3. The number of anilines is 1. The Kier molecular flexibility index (Phi) is 2.66. The third-order valence-corrected chi connectivity index (χ3v) is 2.01. The molecule has 0 spiro atoms. The van der Waals surface area contributed by atoms with E-state index >= 15 is 0 Å². The van der Waals surface area contributed by atoms with E-state index < -0.39 is 0 Å². The summed E-state index contributed by atoms with van der Waals surface area (Å²) in [5.74, 6) is 0.853. The maximum atomic E-state index is 11.3. The van der Waals surface area contributed by atoms with Crippen LogP contribution in [-0.2, 0) is 0 Å². The van der Waals surface area contributed by atoms with Crippen molar-refractivity contribution in [1.82, 2.24) is 15.3 Å². The summed E-state index contributed by atoms with van der Waals surface area (Å²) in [6.07, 6.45) is 3.45. The van der Waals surface area contributed by atoms with Crippen LogP contribution in [0.1, 0.15) is 12.8 Å². The number of hydrogen-bond donors (Lipinski definition) is 2. The van der Waals surface area contributed by atoms with Gasteiger partial charge in [-0.3, -0.25) is 5.32 Å². The van der Waals surface area contributed by atoms with Gasteiger partial charge < -0.3 is 10.1 Å². The van der Waals surface area contributed by atoms with Crippen LogP contribution in [0.15, 0.2) is 12.4 Å². The van der Waals surface area contributed by atoms with Gasteiger partial charge in [-0.1, -0.05) is 0 Å². The molecule has 1 heterocycles. The van der Waals surface area contributed by atoms with Crippen molar-refractivity contribution in [2.45, 2.75) is 18.9 Å². The minimum atomic E-state index is -0.238. The zero-order chi connectivity index (χ0) is 10.7. The lowest BCUT2D eigenvalue weighted by atomic mass is 10.5. The van der Waals surface area contributed by atoms with E-state index in [1.54, 1.807) is 6.07 Å². The molecule has 1 aliphatic rings. The van der Waals surface area contributed by atoms with Crippen molar-refractivity contribution in [2.24, 2.45) is 0 Å². The molecule has 15 heavy (non-hydrogen) atoms. The standard InChI is InChI=1S/C9H12N4O2/c1-15-8-4-7(10-5-11-8)13-9(14)12-6-2-3-6/h4-6H,2-3H2,1H3,(H2,10,11,12,13,14). The summed E-state index contributed by atoms with van der Waals surface area (Å²) < 4.78 is 4.91. The predicted molar refractivity (Wildman–Crippen MR) is 53.8 cm³/mol. The first-order valence-electron chi connectivity index (χ1n) is 4.71. The molecule has 1 fully saturated rings. The molecule has 1 aromatic rings. The molecule has 0 saturated heterocycles. The SMILES string of the molecule is COc1cc(NC(=O)NC2CC2)ncn1. The highest BCUT2D eigenvalue weighted by atomic mass is 16.5. The Morgan fingerprint density at radius 2 is 2.33 bits per heavy atom. The number of hydrogen-bond acceptors (Lipinski definition) is 4. The van der Waals surface area contributed by atoms with E-state index in [0.717, 1.165) is 12.8 Å². The molecule has 2 N–H and O–H groups in total. The molecule has 2 rings (SSSR count). The Morgan fingerprint density at radius 3 is 3.00 bits per heavy atom. The Bertz CT molecular complexity index is 365. The highest BCUT2D eigenvalue weighted by Crippen LogP contribution is 2.18. The Morgan fingerprint density at radius 1 is 1.53 bits per heavy atom. The van der Waals surface area contributed by atoms with Gasteiger partial charge in [0.2, 0.25) is 5.88 Å². The topological polar surface area (TPSA) is 76.1 Å². The van der Waals surface area contributed by atoms with E-state index in [2.05, 4.69) is 20.6 Å². The fraction of sp³-hybridized carbons (Fsp3) is 0.444. The summed E-state index contributed by atoms with van der Waals surface area (Å²) >= 11 is 0. The smallest absolute Gasteiger partial charge is 0.320 e. The Balaban J connectivity index is 1.93. The molecule has 0 atom stereocenters. The number of aromatic nitrogens is 2. The normalized spacial score (nSPS) is 14.5. The van der Waals surface area contributed by atoms with Crippen molar-refractivity contribution in [2.75, 3.05) is 12.4 Å². The number of urea groups is 1. The summed E-state index contributed by atoms with van der Waals surface area (Å²) in [4.78, 5) is 19.1. The average Bonchev–Trinajstić information content (AvgIpc) is 3.02. The highest BCUT2D eigenvalue weighted by Gasteiger charge is 2.23. The van der Waals surface area contributed by atoms with E-state index in [4.69, 9.17) is 4.74 Å². The molecule has 0 bridgehead atoms. The third kappa shape index (κ3) is 2.80. The lowest BCUT2D eigenvalue weighted by Crippen LogP contribution is -2.30. The molecule has 1 aromatic heterocycles. The molecule has 6 nitrogen and oxygen atoms in total. The first-order chi connectivity index (χ1) is 7.28. The summed E-state index contributed by atoms with van der Waals surface area (Å²) in [6.45, 7) is 0. The molecule has 0 aromatic carbocycles. The number of nitrogens with zero attached hydrogens (tertiary/aromatic N) is 2. The summed E-state index contributed by atoms with van der Waals surface area (Å²) in [7, 11) is 1.51. The quantitative estimate of drug-likeness (QED) is 0.769. The van der Waals surface area contributed by atoms with Gasteiger partial charge in [-0.15, -0.1) is 0 Å². The summed E-state index contributed by atoms with van der Waals surface area (Å²) in [5.41, 5.74) is 0. The number of methoxy groups -OCH3 is 1. The van der Waals surface area contributed by atoms with Gasteiger partial charge in [0.25, 0.3) is 0 Å². The van der Waals surface area contributed by atoms with Crippen LogP contribution in [0.2, 0.25) is 0 Å². The first-order valence-corrected chi connectivity index (χ1v) is 4.71. The Hall–Kier alpha value is -1.85. The lowest BCUT2D eigenvalue weighted by molar-refractivity contribution is 0.251. The molecule has 1 saturated carbocycles. The van der Waals surface area contributed by atoms with Gasteiger partial charge in [0.1, 0.15) is 12.1 Å². The van der Waals surface area contributed by atoms with Crippen LogP contribution in [0.3, 0.4) is 0 Å². The van der Waals surface area contributed by atoms with Crippen LogP contribution in [-0.4, -0.2) is 29.2 Å². The van der Waals surface area contributed by atoms with Crippen LogP contribution in [0, 0.1) is 0 Å². The fourth-order valence-electron chi connectivity index (χ4n) is 1.08. The largest absolute Gasteiger partial charge is 0.481 e. The minimum absolute atomic E-state index is 0.238.